The van der Waals surface area contributed by atoms with Crippen molar-refractivity contribution in [3.63, 3.8) is 0 Å². The van der Waals surface area contributed by atoms with Gasteiger partial charge in [0.05, 0.1) is 4.48 Å². The monoisotopic (exact) mass is 298 g/mol. The van der Waals surface area contributed by atoms with Crippen LogP contribution in [0.2, 0.25) is 0 Å². The first-order valence-electron chi connectivity index (χ1n) is 3.20. The zero-order valence-corrected chi connectivity index (χ0v) is 9.46. The second kappa shape index (κ2) is 3.49. The summed E-state index contributed by atoms with van der Waals surface area (Å²) >= 11 is 6.25. The number of hydrogen-bond acceptors (Lipinski definition) is 3. The van der Waals surface area contributed by atoms with Gasteiger partial charge in [-0.15, -0.1) is 0 Å². The first-order valence-corrected chi connectivity index (χ1v) is 4.91. The summed E-state index contributed by atoms with van der Waals surface area (Å²) in [6.45, 7) is 0. The Kier molecular flexibility index (Phi) is 2.98. The van der Waals surface area contributed by atoms with E-state index in [0.717, 1.165) is 0 Å². The molecule has 0 saturated carbocycles. The molecular formula is C7H8Br2O3. The predicted molar refractivity (Wildman–Crippen MR) is 52.4 cm³/mol. The van der Waals surface area contributed by atoms with Crippen molar-refractivity contribution in [2.75, 3.05) is 7.11 Å². The first-order chi connectivity index (χ1) is 5.52. The number of rotatable bonds is 1. The van der Waals surface area contributed by atoms with E-state index < -0.39 is 10.6 Å². The highest BCUT2D eigenvalue weighted by Gasteiger charge is 2.42. The van der Waals surface area contributed by atoms with Gasteiger partial charge in [0.15, 0.2) is 0 Å². The summed E-state index contributed by atoms with van der Waals surface area (Å²) in [5.74, 6) is -1.48. The average Bonchev–Trinajstić information content (AvgIpc) is 2.08. The van der Waals surface area contributed by atoms with Crippen LogP contribution < -0.4 is 0 Å². The van der Waals surface area contributed by atoms with E-state index in [1.165, 1.54) is 19.3 Å². The summed E-state index contributed by atoms with van der Waals surface area (Å²) in [6, 6.07) is 0. The minimum Gasteiger partial charge on any atom is -0.511 e. The summed E-state index contributed by atoms with van der Waals surface area (Å²) in [7, 11) is 1.36. The molecule has 2 atom stereocenters. The molecule has 0 spiro atoms. The Morgan fingerprint density at radius 3 is 2.58 bits per heavy atom. The fourth-order valence-electron chi connectivity index (χ4n) is 0.885. The number of ether oxygens (including phenoxy) is 1. The SMILES string of the molecule is COC1(O)C(Br)=CC=C(O)C1Br. The van der Waals surface area contributed by atoms with Crippen molar-refractivity contribution in [1.29, 1.82) is 0 Å². The van der Waals surface area contributed by atoms with Crippen LogP contribution in [-0.4, -0.2) is 27.9 Å². The molecule has 3 nitrogen and oxygen atoms in total. The molecule has 0 aliphatic heterocycles. The molecular weight excluding hydrogens is 292 g/mol. The maximum Gasteiger partial charge on any atom is 0.219 e. The molecule has 0 aromatic heterocycles. The lowest BCUT2D eigenvalue weighted by molar-refractivity contribution is -0.146. The van der Waals surface area contributed by atoms with Gasteiger partial charge in [0.2, 0.25) is 5.79 Å². The van der Waals surface area contributed by atoms with Crippen molar-refractivity contribution in [3.05, 3.63) is 22.4 Å². The smallest absolute Gasteiger partial charge is 0.219 e. The molecule has 0 saturated heterocycles. The molecule has 0 aromatic carbocycles. The summed E-state index contributed by atoms with van der Waals surface area (Å²) in [6.07, 6.45) is 3.02. The number of aliphatic hydroxyl groups is 2. The van der Waals surface area contributed by atoms with Gasteiger partial charge in [-0.1, -0.05) is 15.9 Å². The third-order valence-corrected chi connectivity index (χ3v) is 3.58. The van der Waals surface area contributed by atoms with Crippen molar-refractivity contribution in [1.82, 2.24) is 0 Å². The Morgan fingerprint density at radius 2 is 2.17 bits per heavy atom. The standard InChI is InChI=1S/C7H8Br2O3/c1-12-7(11)5(8)3-2-4(10)6(7)9/h2-3,6,10-11H,1H3. The summed E-state index contributed by atoms with van der Waals surface area (Å²) in [4.78, 5) is -0.644. The topological polar surface area (TPSA) is 49.7 Å². The molecule has 2 N–H and O–H groups in total. The van der Waals surface area contributed by atoms with E-state index in [0.29, 0.717) is 4.48 Å². The maximum absolute atomic E-state index is 9.80. The second-order valence-electron chi connectivity index (χ2n) is 2.37. The van der Waals surface area contributed by atoms with Crippen LogP contribution in [0, 0.1) is 0 Å². The third kappa shape index (κ3) is 1.46. The molecule has 0 aromatic rings. The molecule has 1 aliphatic carbocycles. The molecule has 1 rings (SSSR count). The molecule has 68 valence electrons. The van der Waals surface area contributed by atoms with Crippen LogP contribution in [0.1, 0.15) is 0 Å². The van der Waals surface area contributed by atoms with Gasteiger partial charge in [0.1, 0.15) is 10.6 Å². The highest BCUT2D eigenvalue weighted by Crippen LogP contribution is 2.37. The van der Waals surface area contributed by atoms with E-state index in [1.54, 1.807) is 0 Å². The largest absolute Gasteiger partial charge is 0.511 e. The summed E-state index contributed by atoms with van der Waals surface area (Å²) in [5, 5.41) is 19.1. The first kappa shape index (κ1) is 10.2. The number of allylic oxidation sites excluding steroid dienone is 2. The Labute approximate surface area is 87.0 Å². The fraction of sp³-hybridized carbons (Fsp3) is 0.429. The van der Waals surface area contributed by atoms with Crippen molar-refractivity contribution in [2.45, 2.75) is 10.6 Å². The van der Waals surface area contributed by atoms with Crippen LogP contribution in [0.15, 0.2) is 22.4 Å². The van der Waals surface area contributed by atoms with Crippen LogP contribution in [0.4, 0.5) is 0 Å². The maximum atomic E-state index is 9.80. The minimum atomic E-state index is -1.52. The highest BCUT2D eigenvalue weighted by atomic mass is 79.9. The van der Waals surface area contributed by atoms with Gasteiger partial charge in [-0.05, 0) is 28.1 Å². The van der Waals surface area contributed by atoms with Gasteiger partial charge in [0, 0.05) is 7.11 Å². The normalized spacial score (nSPS) is 35.8. The van der Waals surface area contributed by atoms with Crippen LogP contribution in [0.3, 0.4) is 0 Å². The highest BCUT2D eigenvalue weighted by molar-refractivity contribution is 9.12. The average molecular weight is 300 g/mol. The van der Waals surface area contributed by atoms with Gasteiger partial charge in [-0.3, -0.25) is 0 Å². The van der Waals surface area contributed by atoms with Crippen molar-refractivity contribution in [2.24, 2.45) is 0 Å². The minimum absolute atomic E-state index is 0.0301. The van der Waals surface area contributed by atoms with Crippen molar-refractivity contribution in [3.8, 4) is 0 Å². The van der Waals surface area contributed by atoms with Crippen molar-refractivity contribution >= 4 is 31.9 Å². The Morgan fingerprint density at radius 1 is 1.58 bits per heavy atom. The molecule has 0 heterocycles. The van der Waals surface area contributed by atoms with Crippen LogP contribution in [-0.2, 0) is 4.74 Å². The molecule has 0 bridgehead atoms. The van der Waals surface area contributed by atoms with Gasteiger partial charge in [-0.25, -0.2) is 0 Å². The van der Waals surface area contributed by atoms with E-state index in [9.17, 15) is 10.2 Å². The van der Waals surface area contributed by atoms with Crippen LogP contribution in [0.25, 0.3) is 0 Å². The Bertz CT molecular complexity index is 249. The third-order valence-electron chi connectivity index (χ3n) is 1.66. The van der Waals surface area contributed by atoms with E-state index in [-0.39, 0.29) is 5.76 Å². The molecule has 0 amide bonds. The lowest BCUT2D eigenvalue weighted by atomic mass is 10.1. The number of alkyl halides is 1. The van der Waals surface area contributed by atoms with E-state index >= 15 is 0 Å². The molecule has 1 aliphatic rings. The number of methoxy groups -OCH3 is 1. The fourth-order valence-corrected chi connectivity index (χ4v) is 2.30. The van der Waals surface area contributed by atoms with Crippen LogP contribution in [0.5, 0.6) is 0 Å². The molecule has 0 radical (unpaired) electrons. The number of hydrogen-bond donors (Lipinski definition) is 2. The number of aliphatic hydroxyl groups excluding tert-OH is 1. The van der Waals surface area contributed by atoms with Crippen LogP contribution >= 0.6 is 31.9 Å². The van der Waals surface area contributed by atoms with E-state index in [2.05, 4.69) is 31.9 Å². The van der Waals surface area contributed by atoms with Crippen molar-refractivity contribution < 1.29 is 14.9 Å². The predicted octanol–water partition coefficient (Wildman–Crippen LogP) is 1.82. The lowest BCUT2D eigenvalue weighted by Crippen LogP contribution is -2.43. The second-order valence-corrected chi connectivity index (χ2v) is 4.14. The summed E-state index contributed by atoms with van der Waals surface area (Å²) in [5.41, 5.74) is 0. The van der Waals surface area contributed by atoms with Gasteiger partial charge in [-0.2, -0.15) is 0 Å². The Hall–Kier alpha value is 0.160. The zero-order chi connectivity index (χ0) is 9.35. The molecule has 2 unspecified atom stereocenters. The summed E-state index contributed by atoms with van der Waals surface area (Å²) < 4.78 is 5.34. The zero-order valence-electron chi connectivity index (χ0n) is 6.29. The van der Waals surface area contributed by atoms with Gasteiger partial charge < -0.3 is 14.9 Å². The Balaban J connectivity index is 3.05. The molecule has 0 fully saturated rings. The van der Waals surface area contributed by atoms with E-state index in [1.807, 2.05) is 0 Å². The van der Waals surface area contributed by atoms with Gasteiger partial charge in [0.25, 0.3) is 0 Å². The van der Waals surface area contributed by atoms with E-state index in [4.69, 9.17) is 4.74 Å². The number of halogens is 2. The lowest BCUT2D eigenvalue weighted by Gasteiger charge is -2.32. The molecule has 12 heavy (non-hydrogen) atoms. The molecule has 5 heteroatoms. The van der Waals surface area contributed by atoms with Gasteiger partial charge >= 0.3 is 0 Å². The quantitative estimate of drug-likeness (QED) is 0.574.